The molecule has 2 aliphatic rings. The molecule has 2 N–H and O–H groups in total. The summed E-state index contributed by atoms with van der Waals surface area (Å²) >= 11 is 0. The maximum Gasteiger partial charge on any atom is 0.226 e. The van der Waals surface area contributed by atoms with Crippen molar-refractivity contribution in [3.63, 3.8) is 0 Å². The third kappa shape index (κ3) is 5.65. The normalized spacial score (nSPS) is 17.8. The first-order valence-electron chi connectivity index (χ1n) is 11.9. The molecule has 2 unspecified atom stereocenters. The molecule has 0 spiro atoms. The molecule has 3 amide bonds. The molecule has 0 bridgehead atoms. The van der Waals surface area contributed by atoms with Crippen LogP contribution in [0.1, 0.15) is 56.7 Å². The minimum atomic E-state index is -0.368. The molecule has 0 aromatic heterocycles. The SMILES string of the molecule is CC(=O)N1C=Cc2ccccc2C1CC(=O)NC(C)CC(=O)Nc1cccc(N2CCCC2)c1. The van der Waals surface area contributed by atoms with E-state index in [1.807, 2.05) is 55.5 Å². The van der Waals surface area contributed by atoms with Gasteiger partial charge in [-0.2, -0.15) is 0 Å². The van der Waals surface area contributed by atoms with E-state index < -0.39 is 0 Å². The van der Waals surface area contributed by atoms with Crippen molar-refractivity contribution in [2.24, 2.45) is 0 Å². The highest BCUT2D eigenvalue weighted by atomic mass is 16.2. The summed E-state index contributed by atoms with van der Waals surface area (Å²) in [6.45, 7) is 5.40. The van der Waals surface area contributed by atoms with Gasteiger partial charge in [0, 0.05) is 50.1 Å². The zero-order chi connectivity index (χ0) is 24.1. The van der Waals surface area contributed by atoms with Crippen molar-refractivity contribution < 1.29 is 14.4 Å². The van der Waals surface area contributed by atoms with E-state index in [0.29, 0.717) is 0 Å². The van der Waals surface area contributed by atoms with Crippen molar-refractivity contribution in [1.29, 1.82) is 0 Å². The summed E-state index contributed by atoms with van der Waals surface area (Å²) in [6, 6.07) is 14.9. The van der Waals surface area contributed by atoms with E-state index in [2.05, 4.69) is 21.6 Å². The standard InChI is InChI=1S/C27H32N4O3/c1-19(16-26(33)29-22-9-7-10-23(17-22)30-13-5-6-14-30)28-27(34)18-25-24-11-4-3-8-21(24)12-15-31(25)20(2)32/h3-4,7-12,15,17,19,25H,5-6,13-14,16,18H2,1-2H3,(H,28,34)(H,29,33). The highest BCUT2D eigenvalue weighted by Gasteiger charge is 2.28. The van der Waals surface area contributed by atoms with Crippen molar-refractivity contribution in [2.45, 2.75) is 51.6 Å². The number of nitrogens with zero attached hydrogens (tertiary/aromatic N) is 2. The third-order valence-electron chi connectivity index (χ3n) is 6.35. The number of benzene rings is 2. The van der Waals surface area contributed by atoms with Crippen LogP contribution in [-0.2, 0) is 14.4 Å². The van der Waals surface area contributed by atoms with Gasteiger partial charge in [-0.1, -0.05) is 30.3 Å². The smallest absolute Gasteiger partial charge is 0.226 e. The Balaban J connectivity index is 1.32. The zero-order valence-electron chi connectivity index (χ0n) is 19.8. The molecule has 1 saturated heterocycles. The number of anilines is 2. The summed E-state index contributed by atoms with van der Waals surface area (Å²) in [5.74, 6) is -0.465. The molecule has 2 aromatic rings. The van der Waals surface area contributed by atoms with Crippen LogP contribution in [0.15, 0.2) is 54.7 Å². The van der Waals surface area contributed by atoms with Gasteiger partial charge in [0.2, 0.25) is 17.7 Å². The van der Waals surface area contributed by atoms with Crippen LogP contribution in [0.25, 0.3) is 6.08 Å². The first kappa shape index (κ1) is 23.5. The van der Waals surface area contributed by atoms with Gasteiger partial charge in [-0.05, 0) is 55.2 Å². The number of hydrogen-bond acceptors (Lipinski definition) is 4. The molecule has 2 heterocycles. The maximum absolute atomic E-state index is 12.8. The van der Waals surface area contributed by atoms with Gasteiger partial charge in [0.1, 0.15) is 0 Å². The molecular formula is C27H32N4O3. The van der Waals surface area contributed by atoms with Gasteiger partial charge in [0.05, 0.1) is 12.5 Å². The van der Waals surface area contributed by atoms with Crippen molar-refractivity contribution in [1.82, 2.24) is 10.2 Å². The molecule has 7 heteroatoms. The summed E-state index contributed by atoms with van der Waals surface area (Å²) in [4.78, 5) is 41.5. The lowest BCUT2D eigenvalue weighted by molar-refractivity contribution is -0.130. The molecule has 0 aliphatic carbocycles. The average molecular weight is 461 g/mol. The summed E-state index contributed by atoms with van der Waals surface area (Å²) in [5.41, 5.74) is 3.82. The first-order chi connectivity index (χ1) is 16.4. The fourth-order valence-corrected chi connectivity index (χ4v) is 4.72. The van der Waals surface area contributed by atoms with Crippen LogP contribution in [0, 0.1) is 0 Å². The zero-order valence-corrected chi connectivity index (χ0v) is 19.8. The second-order valence-corrected chi connectivity index (χ2v) is 9.06. The van der Waals surface area contributed by atoms with E-state index >= 15 is 0 Å². The molecule has 1 fully saturated rings. The quantitative estimate of drug-likeness (QED) is 0.652. The number of nitrogens with one attached hydrogen (secondary N) is 2. The summed E-state index contributed by atoms with van der Waals surface area (Å²) in [5, 5.41) is 5.87. The van der Waals surface area contributed by atoms with Gasteiger partial charge in [0.25, 0.3) is 0 Å². The Morgan fingerprint density at radius 3 is 2.56 bits per heavy atom. The van der Waals surface area contributed by atoms with Crippen molar-refractivity contribution in [2.75, 3.05) is 23.3 Å². The summed E-state index contributed by atoms with van der Waals surface area (Å²) in [6.07, 6.45) is 6.30. The molecular weight excluding hydrogens is 428 g/mol. The van der Waals surface area contributed by atoms with E-state index in [9.17, 15) is 14.4 Å². The molecule has 2 aliphatic heterocycles. The second kappa shape index (κ2) is 10.5. The fraction of sp³-hybridized carbons (Fsp3) is 0.370. The molecule has 0 radical (unpaired) electrons. The van der Waals surface area contributed by atoms with Crippen LogP contribution in [0.5, 0.6) is 0 Å². The molecule has 2 aromatic carbocycles. The van der Waals surface area contributed by atoms with E-state index in [0.717, 1.165) is 35.6 Å². The van der Waals surface area contributed by atoms with Crippen molar-refractivity contribution in [3.8, 4) is 0 Å². The predicted molar refractivity (Wildman–Crippen MR) is 134 cm³/mol. The number of fused-ring (bicyclic) bond motifs is 1. The number of rotatable bonds is 7. The topological polar surface area (TPSA) is 81.8 Å². The lowest BCUT2D eigenvalue weighted by Crippen LogP contribution is -2.39. The summed E-state index contributed by atoms with van der Waals surface area (Å²) in [7, 11) is 0. The Bertz CT molecular complexity index is 1090. The number of carbonyl (C=O) groups is 3. The minimum Gasteiger partial charge on any atom is -0.371 e. The Labute approximate surface area is 200 Å². The minimum absolute atomic E-state index is 0.118. The number of hydrogen-bond donors (Lipinski definition) is 2. The third-order valence-corrected chi connectivity index (χ3v) is 6.35. The van der Waals surface area contributed by atoms with Gasteiger partial charge in [0.15, 0.2) is 0 Å². The Kier molecular flexibility index (Phi) is 7.30. The predicted octanol–water partition coefficient (Wildman–Crippen LogP) is 4.08. The van der Waals surface area contributed by atoms with Crippen LogP contribution in [0.2, 0.25) is 0 Å². The van der Waals surface area contributed by atoms with E-state index in [1.54, 1.807) is 11.1 Å². The van der Waals surface area contributed by atoms with Crippen LogP contribution in [0.4, 0.5) is 11.4 Å². The molecule has 2 atom stereocenters. The van der Waals surface area contributed by atoms with Gasteiger partial charge in [-0.3, -0.25) is 14.4 Å². The van der Waals surface area contributed by atoms with Crippen molar-refractivity contribution in [3.05, 3.63) is 65.9 Å². The fourth-order valence-electron chi connectivity index (χ4n) is 4.72. The van der Waals surface area contributed by atoms with Gasteiger partial charge >= 0.3 is 0 Å². The van der Waals surface area contributed by atoms with Crippen LogP contribution in [0.3, 0.4) is 0 Å². The highest BCUT2D eigenvalue weighted by Crippen LogP contribution is 2.32. The highest BCUT2D eigenvalue weighted by molar-refractivity contribution is 5.92. The summed E-state index contributed by atoms with van der Waals surface area (Å²) < 4.78 is 0. The average Bonchev–Trinajstić information content (AvgIpc) is 3.34. The first-order valence-corrected chi connectivity index (χ1v) is 11.9. The maximum atomic E-state index is 12.8. The Morgan fingerprint density at radius 2 is 1.79 bits per heavy atom. The van der Waals surface area contributed by atoms with E-state index in [-0.39, 0.29) is 42.6 Å². The monoisotopic (exact) mass is 460 g/mol. The number of amides is 3. The van der Waals surface area contributed by atoms with Crippen molar-refractivity contribution >= 4 is 35.2 Å². The van der Waals surface area contributed by atoms with Gasteiger partial charge in [-0.15, -0.1) is 0 Å². The molecule has 0 saturated carbocycles. The number of carbonyl (C=O) groups excluding carboxylic acids is 3. The van der Waals surface area contributed by atoms with Crippen LogP contribution < -0.4 is 15.5 Å². The van der Waals surface area contributed by atoms with Gasteiger partial charge < -0.3 is 20.4 Å². The van der Waals surface area contributed by atoms with Gasteiger partial charge in [-0.25, -0.2) is 0 Å². The second-order valence-electron chi connectivity index (χ2n) is 9.06. The Hall–Kier alpha value is -3.61. The Morgan fingerprint density at radius 1 is 1.03 bits per heavy atom. The van der Waals surface area contributed by atoms with E-state index in [4.69, 9.17) is 0 Å². The molecule has 34 heavy (non-hydrogen) atoms. The molecule has 178 valence electrons. The molecule has 7 nitrogen and oxygen atoms in total. The van der Waals surface area contributed by atoms with Crippen LogP contribution in [-0.4, -0.2) is 41.8 Å². The van der Waals surface area contributed by atoms with E-state index in [1.165, 1.54) is 19.8 Å². The molecule has 4 rings (SSSR count). The lowest BCUT2D eigenvalue weighted by atomic mass is 9.93. The largest absolute Gasteiger partial charge is 0.371 e. The lowest BCUT2D eigenvalue weighted by Gasteiger charge is -2.32. The van der Waals surface area contributed by atoms with Crippen LogP contribution >= 0.6 is 0 Å².